The summed E-state index contributed by atoms with van der Waals surface area (Å²) >= 11 is 0. The fourth-order valence-electron chi connectivity index (χ4n) is 2.43. The molecule has 0 bridgehead atoms. The standard InChI is InChI=1S/C19H20N4O2/c20-18-14-15(22-23(18)16-7-2-1-3-8-16)6-4-12-21-19(24)11-10-17-9-5-13-25-17/h1-3,5,7-11,13-14H,4,6,12,20H2,(H,21,24)/b11-10+. The lowest BCUT2D eigenvalue weighted by molar-refractivity contribution is -0.116. The van der Waals surface area contributed by atoms with Crippen molar-refractivity contribution in [2.24, 2.45) is 0 Å². The van der Waals surface area contributed by atoms with Gasteiger partial charge in [-0.3, -0.25) is 4.79 Å². The number of carbonyl (C=O) groups excluding carboxylic acids is 1. The van der Waals surface area contributed by atoms with Crippen LogP contribution < -0.4 is 11.1 Å². The van der Waals surface area contributed by atoms with Crippen molar-refractivity contribution in [3.63, 3.8) is 0 Å². The molecule has 6 nitrogen and oxygen atoms in total. The summed E-state index contributed by atoms with van der Waals surface area (Å²) < 4.78 is 6.85. The Morgan fingerprint density at radius 3 is 2.84 bits per heavy atom. The normalized spacial score (nSPS) is 11.0. The summed E-state index contributed by atoms with van der Waals surface area (Å²) in [6.07, 6.45) is 6.19. The van der Waals surface area contributed by atoms with E-state index in [1.54, 1.807) is 29.2 Å². The lowest BCUT2D eigenvalue weighted by atomic mass is 10.2. The summed E-state index contributed by atoms with van der Waals surface area (Å²) in [5, 5.41) is 7.35. The van der Waals surface area contributed by atoms with Crippen LogP contribution in [0.1, 0.15) is 17.9 Å². The Morgan fingerprint density at radius 1 is 1.24 bits per heavy atom. The van der Waals surface area contributed by atoms with Crippen LogP contribution in [0.15, 0.2) is 65.3 Å². The van der Waals surface area contributed by atoms with E-state index < -0.39 is 0 Å². The van der Waals surface area contributed by atoms with Gasteiger partial charge in [-0.2, -0.15) is 5.10 Å². The highest BCUT2D eigenvalue weighted by atomic mass is 16.3. The SMILES string of the molecule is Nc1cc(CCCNC(=O)/C=C/c2ccco2)nn1-c1ccccc1. The van der Waals surface area contributed by atoms with Gasteiger partial charge in [0.05, 0.1) is 17.6 Å². The number of benzene rings is 1. The fourth-order valence-corrected chi connectivity index (χ4v) is 2.43. The number of hydrogen-bond donors (Lipinski definition) is 2. The topological polar surface area (TPSA) is 86.1 Å². The Kier molecular flexibility index (Phi) is 5.31. The van der Waals surface area contributed by atoms with Crippen LogP contribution in [0.3, 0.4) is 0 Å². The number of furan rings is 1. The van der Waals surface area contributed by atoms with E-state index >= 15 is 0 Å². The molecule has 2 heterocycles. The van der Waals surface area contributed by atoms with Gasteiger partial charge in [0.15, 0.2) is 0 Å². The van der Waals surface area contributed by atoms with Crippen molar-refractivity contribution < 1.29 is 9.21 Å². The zero-order valence-corrected chi connectivity index (χ0v) is 13.8. The second kappa shape index (κ2) is 8.01. The summed E-state index contributed by atoms with van der Waals surface area (Å²) in [6.45, 7) is 0.569. The van der Waals surface area contributed by atoms with Crippen LogP contribution in [-0.2, 0) is 11.2 Å². The molecule has 25 heavy (non-hydrogen) atoms. The predicted molar refractivity (Wildman–Crippen MR) is 97.0 cm³/mol. The Bertz CT molecular complexity index is 836. The van der Waals surface area contributed by atoms with Crippen molar-refractivity contribution in [1.29, 1.82) is 0 Å². The Morgan fingerprint density at radius 2 is 2.08 bits per heavy atom. The van der Waals surface area contributed by atoms with Gasteiger partial charge in [-0.15, -0.1) is 0 Å². The molecule has 3 rings (SSSR count). The lowest BCUT2D eigenvalue weighted by Gasteiger charge is -2.03. The minimum Gasteiger partial charge on any atom is -0.465 e. The number of amides is 1. The zero-order chi connectivity index (χ0) is 17.5. The van der Waals surface area contributed by atoms with E-state index in [2.05, 4.69) is 10.4 Å². The van der Waals surface area contributed by atoms with Gasteiger partial charge in [0.25, 0.3) is 0 Å². The first-order valence-corrected chi connectivity index (χ1v) is 8.11. The molecular weight excluding hydrogens is 316 g/mol. The predicted octanol–water partition coefficient (Wildman–Crippen LogP) is 2.81. The number of aromatic nitrogens is 2. The largest absolute Gasteiger partial charge is 0.465 e. The molecule has 1 aromatic carbocycles. The number of anilines is 1. The monoisotopic (exact) mass is 336 g/mol. The average molecular weight is 336 g/mol. The minimum atomic E-state index is -0.147. The summed E-state index contributed by atoms with van der Waals surface area (Å²) in [6, 6.07) is 15.2. The highest BCUT2D eigenvalue weighted by molar-refractivity contribution is 5.91. The van der Waals surface area contributed by atoms with Crippen LogP contribution in [-0.4, -0.2) is 22.2 Å². The van der Waals surface area contributed by atoms with Crippen molar-refractivity contribution in [2.45, 2.75) is 12.8 Å². The summed E-state index contributed by atoms with van der Waals surface area (Å²) in [5.41, 5.74) is 7.86. The van der Waals surface area contributed by atoms with Crippen LogP contribution in [0, 0.1) is 0 Å². The Hall–Kier alpha value is -3.28. The summed E-state index contributed by atoms with van der Waals surface area (Å²) in [4.78, 5) is 11.7. The van der Waals surface area contributed by atoms with Gasteiger partial charge in [0, 0.05) is 18.7 Å². The smallest absolute Gasteiger partial charge is 0.244 e. The zero-order valence-electron chi connectivity index (χ0n) is 13.8. The molecule has 0 unspecified atom stereocenters. The third kappa shape index (κ3) is 4.60. The van der Waals surface area contributed by atoms with Crippen molar-refractivity contribution in [3.05, 3.63) is 72.3 Å². The van der Waals surface area contributed by atoms with Gasteiger partial charge in [-0.25, -0.2) is 4.68 Å². The molecule has 0 saturated carbocycles. The molecule has 6 heteroatoms. The van der Waals surface area contributed by atoms with Gasteiger partial charge in [0.1, 0.15) is 11.6 Å². The second-order valence-electron chi connectivity index (χ2n) is 5.55. The number of aryl methyl sites for hydroxylation is 1. The molecule has 0 aliphatic heterocycles. The first-order chi connectivity index (χ1) is 12.2. The average Bonchev–Trinajstić information content (AvgIpc) is 3.27. The number of nitrogens with one attached hydrogen (secondary N) is 1. The van der Waals surface area contributed by atoms with Crippen molar-refractivity contribution in [1.82, 2.24) is 15.1 Å². The molecule has 0 atom stereocenters. The molecule has 0 fully saturated rings. The van der Waals surface area contributed by atoms with E-state index in [-0.39, 0.29) is 5.91 Å². The third-order valence-electron chi connectivity index (χ3n) is 3.64. The first kappa shape index (κ1) is 16.6. The maximum Gasteiger partial charge on any atom is 0.244 e. The number of nitrogens with two attached hydrogens (primary N) is 1. The Labute approximate surface area is 145 Å². The third-order valence-corrected chi connectivity index (χ3v) is 3.64. The number of nitrogen functional groups attached to an aromatic ring is 1. The van der Waals surface area contributed by atoms with Crippen molar-refractivity contribution >= 4 is 17.8 Å². The van der Waals surface area contributed by atoms with E-state index in [1.807, 2.05) is 36.4 Å². The lowest BCUT2D eigenvalue weighted by Crippen LogP contribution is -2.22. The van der Waals surface area contributed by atoms with Crippen LogP contribution >= 0.6 is 0 Å². The molecule has 2 aromatic heterocycles. The van der Waals surface area contributed by atoms with E-state index in [4.69, 9.17) is 10.2 Å². The maximum absolute atomic E-state index is 11.7. The maximum atomic E-state index is 11.7. The quantitative estimate of drug-likeness (QED) is 0.513. The van der Waals surface area contributed by atoms with Crippen LogP contribution in [0.5, 0.6) is 0 Å². The van der Waals surface area contributed by atoms with E-state index in [0.717, 1.165) is 24.2 Å². The summed E-state index contributed by atoms with van der Waals surface area (Å²) in [7, 11) is 0. The Balaban J connectivity index is 1.46. The van der Waals surface area contributed by atoms with Crippen molar-refractivity contribution in [3.8, 4) is 5.69 Å². The van der Waals surface area contributed by atoms with Crippen LogP contribution in [0.25, 0.3) is 11.8 Å². The molecule has 3 N–H and O–H groups in total. The second-order valence-corrected chi connectivity index (χ2v) is 5.55. The molecule has 0 aliphatic carbocycles. The molecular formula is C19H20N4O2. The van der Waals surface area contributed by atoms with Gasteiger partial charge in [0.2, 0.25) is 5.91 Å². The van der Waals surface area contributed by atoms with E-state index in [9.17, 15) is 4.79 Å². The molecule has 0 radical (unpaired) electrons. The van der Waals surface area contributed by atoms with Gasteiger partial charge < -0.3 is 15.5 Å². The van der Waals surface area contributed by atoms with Gasteiger partial charge >= 0.3 is 0 Å². The van der Waals surface area contributed by atoms with E-state index in [0.29, 0.717) is 18.1 Å². The van der Waals surface area contributed by atoms with E-state index in [1.165, 1.54) is 6.08 Å². The molecule has 1 amide bonds. The number of hydrogen-bond acceptors (Lipinski definition) is 4. The molecule has 0 aliphatic rings. The molecule has 0 spiro atoms. The number of nitrogens with zero attached hydrogens (tertiary/aromatic N) is 2. The van der Waals surface area contributed by atoms with Crippen LogP contribution in [0.4, 0.5) is 5.82 Å². The number of carbonyl (C=O) groups is 1. The molecule has 3 aromatic rings. The molecule has 128 valence electrons. The summed E-state index contributed by atoms with van der Waals surface area (Å²) in [5.74, 6) is 1.11. The number of para-hydroxylation sites is 1. The van der Waals surface area contributed by atoms with Gasteiger partial charge in [-0.1, -0.05) is 18.2 Å². The number of rotatable bonds is 7. The van der Waals surface area contributed by atoms with Gasteiger partial charge in [-0.05, 0) is 43.2 Å². The van der Waals surface area contributed by atoms with Crippen molar-refractivity contribution in [2.75, 3.05) is 12.3 Å². The fraction of sp³-hybridized carbons (Fsp3) is 0.158. The minimum absolute atomic E-state index is 0.147. The van der Waals surface area contributed by atoms with Crippen LogP contribution in [0.2, 0.25) is 0 Å². The molecule has 0 saturated heterocycles. The highest BCUT2D eigenvalue weighted by Crippen LogP contribution is 2.14. The first-order valence-electron chi connectivity index (χ1n) is 8.11. The highest BCUT2D eigenvalue weighted by Gasteiger charge is 2.06.